The Balaban J connectivity index is 1.34. The van der Waals surface area contributed by atoms with Crippen LogP contribution in [0.15, 0.2) is 60.8 Å². The fourth-order valence-corrected chi connectivity index (χ4v) is 5.43. The number of hydrogen-bond acceptors (Lipinski definition) is 4. The Morgan fingerprint density at radius 1 is 1.24 bits per heavy atom. The number of carboxylic acid groups (broad SMARTS) is 1. The molecule has 0 unspecified atom stereocenters. The zero-order chi connectivity index (χ0) is 23.9. The second-order valence-corrected chi connectivity index (χ2v) is 9.74. The first-order chi connectivity index (χ1) is 16.5. The number of carboxylic acids is 1. The fourth-order valence-electron chi connectivity index (χ4n) is 5.11. The van der Waals surface area contributed by atoms with Gasteiger partial charge in [0.15, 0.2) is 0 Å². The maximum Gasteiger partial charge on any atom is 0.308 e. The van der Waals surface area contributed by atoms with Gasteiger partial charge in [-0.05, 0) is 86.5 Å². The molecule has 1 N–H and O–H groups in total. The van der Waals surface area contributed by atoms with Crippen molar-refractivity contribution in [3.63, 3.8) is 0 Å². The highest BCUT2D eigenvalue weighted by Gasteiger charge is 2.34. The quantitative estimate of drug-likeness (QED) is 0.363. The first-order valence-corrected chi connectivity index (χ1v) is 12.5. The first-order valence-electron chi connectivity index (χ1n) is 12.1. The summed E-state index contributed by atoms with van der Waals surface area (Å²) in [4.78, 5) is 18.8. The minimum atomic E-state index is -0.692. The lowest BCUT2D eigenvalue weighted by atomic mass is 9.81. The molecule has 0 radical (unpaired) electrons. The third kappa shape index (κ3) is 6.08. The van der Waals surface area contributed by atoms with E-state index in [-0.39, 0.29) is 17.2 Å². The number of aliphatic carboxylic acids is 1. The Morgan fingerprint density at radius 2 is 2.06 bits per heavy atom. The van der Waals surface area contributed by atoms with Gasteiger partial charge in [-0.15, -0.1) is 11.6 Å². The normalized spacial score (nSPS) is 19.7. The largest absolute Gasteiger partial charge is 0.497 e. The molecule has 1 aliphatic heterocycles. The van der Waals surface area contributed by atoms with Crippen molar-refractivity contribution in [2.45, 2.75) is 37.5 Å². The molecule has 3 atom stereocenters. The lowest BCUT2D eigenvalue weighted by Crippen LogP contribution is -2.44. The summed E-state index contributed by atoms with van der Waals surface area (Å²) >= 11 is 6.86. The van der Waals surface area contributed by atoms with Crippen molar-refractivity contribution in [2.75, 3.05) is 26.7 Å². The standard InChI is InChI=1S/C28H33ClN2O3/c1-34-22-10-12-27-24(18-22)23(13-15-30-27)26(29)11-9-21-14-17-31(19-25(21)28(32)33)16-5-8-20-6-3-2-4-7-20/h2-4,6-7,10,12-13,15,18,21,25-26H,5,8-9,11,14,16-17,19H2,1H3,(H,32,33)/t21-,25+,26+/m1/s1. The average Bonchev–Trinajstić information content (AvgIpc) is 2.87. The Morgan fingerprint density at radius 3 is 2.82 bits per heavy atom. The van der Waals surface area contributed by atoms with Gasteiger partial charge in [0, 0.05) is 18.1 Å². The van der Waals surface area contributed by atoms with Crippen LogP contribution in [0.2, 0.25) is 0 Å². The third-order valence-electron chi connectivity index (χ3n) is 7.05. The molecule has 6 heteroatoms. The molecule has 1 aromatic heterocycles. The number of piperidine rings is 1. The second-order valence-electron chi connectivity index (χ2n) is 9.21. The van der Waals surface area contributed by atoms with E-state index in [4.69, 9.17) is 16.3 Å². The lowest BCUT2D eigenvalue weighted by Gasteiger charge is -2.37. The van der Waals surface area contributed by atoms with E-state index in [0.717, 1.165) is 67.4 Å². The number of hydrogen-bond donors (Lipinski definition) is 1. The fraction of sp³-hybridized carbons (Fsp3) is 0.429. The molecule has 0 bridgehead atoms. The van der Waals surface area contributed by atoms with Gasteiger partial charge in [-0.3, -0.25) is 9.78 Å². The molecule has 2 heterocycles. The molecular formula is C28H33ClN2O3. The number of halogens is 1. The van der Waals surface area contributed by atoms with Crippen LogP contribution in [-0.2, 0) is 11.2 Å². The summed E-state index contributed by atoms with van der Waals surface area (Å²) < 4.78 is 5.37. The van der Waals surface area contributed by atoms with E-state index in [1.807, 2.05) is 30.3 Å². The van der Waals surface area contributed by atoms with E-state index >= 15 is 0 Å². The summed E-state index contributed by atoms with van der Waals surface area (Å²) in [6, 6.07) is 18.2. The smallest absolute Gasteiger partial charge is 0.308 e. The van der Waals surface area contributed by atoms with Crippen LogP contribution in [0.5, 0.6) is 5.75 Å². The molecule has 2 aromatic carbocycles. The van der Waals surface area contributed by atoms with Crippen LogP contribution in [0.1, 0.15) is 42.2 Å². The van der Waals surface area contributed by atoms with Crippen molar-refractivity contribution < 1.29 is 14.6 Å². The Hall–Kier alpha value is -2.63. The van der Waals surface area contributed by atoms with Gasteiger partial charge in [0.25, 0.3) is 0 Å². The molecule has 0 aliphatic carbocycles. The number of fused-ring (bicyclic) bond motifs is 1. The summed E-state index contributed by atoms with van der Waals surface area (Å²) in [6.45, 7) is 2.51. The number of benzene rings is 2. The molecule has 3 aromatic rings. The molecule has 4 rings (SSSR count). The number of rotatable bonds is 10. The summed E-state index contributed by atoms with van der Waals surface area (Å²) in [5.74, 6) is -0.116. The van der Waals surface area contributed by atoms with E-state index in [1.54, 1.807) is 13.3 Å². The van der Waals surface area contributed by atoms with Crippen molar-refractivity contribution in [3.8, 4) is 5.75 Å². The molecule has 1 aliphatic rings. The van der Waals surface area contributed by atoms with Crippen molar-refractivity contribution in [2.24, 2.45) is 11.8 Å². The minimum absolute atomic E-state index is 0.145. The second kappa shape index (κ2) is 11.7. The predicted octanol–water partition coefficient (Wildman–Crippen LogP) is 5.96. The molecule has 34 heavy (non-hydrogen) atoms. The number of ether oxygens (including phenoxy) is 1. The predicted molar refractivity (Wildman–Crippen MR) is 137 cm³/mol. The molecule has 0 saturated carbocycles. The van der Waals surface area contributed by atoms with E-state index in [1.165, 1.54) is 5.56 Å². The number of nitrogens with zero attached hydrogens (tertiary/aromatic N) is 2. The van der Waals surface area contributed by atoms with Crippen LogP contribution in [0.25, 0.3) is 10.9 Å². The van der Waals surface area contributed by atoms with E-state index < -0.39 is 5.97 Å². The van der Waals surface area contributed by atoms with Crippen molar-refractivity contribution in [3.05, 3.63) is 71.9 Å². The third-order valence-corrected chi connectivity index (χ3v) is 7.50. The monoisotopic (exact) mass is 480 g/mol. The summed E-state index contributed by atoms with van der Waals surface area (Å²) in [7, 11) is 1.65. The van der Waals surface area contributed by atoms with E-state index in [9.17, 15) is 9.90 Å². The molecule has 0 spiro atoms. The van der Waals surface area contributed by atoms with Gasteiger partial charge in [-0.25, -0.2) is 0 Å². The number of methoxy groups -OCH3 is 1. The van der Waals surface area contributed by atoms with Gasteiger partial charge in [-0.2, -0.15) is 0 Å². The van der Waals surface area contributed by atoms with Crippen LogP contribution in [0, 0.1) is 11.8 Å². The number of alkyl halides is 1. The number of pyridine rings is 1. The maximum atomic E-state index is 12.1. The van der Waals surface area contributed by atoms with Gasteiger partial charge in [0.05, 0.1) is 23.9 Å². The van der Waals surface area contributed by atoms with E-state index in [2.05, 4.69) is 34.1 Å². The molecule has 1 saturated heterocycles. The van der Waals surface area contributed by atoms with Gasteiger partial charge in [0.2, 0.25) is 0 Å². The van der Waals surface area contributed by atoms with Gasteiger partial charge in [0.1, 0.15) is 5.75 Å². The highest BCUT2D eigenvalue weighted by atomic mass is 35.5. The Kier molecular flexibility index (Phi) is 8.41. The van der Waals surface area contributed by atoms with Crippen molar-refractivity contribution >= 4 is 28.5 Å². The Labute approximate surface area is 206 Å². The van der Waals surface area contributed by atoms with Crippen molar-refractivity contribution in [1.82, 2.24) is 9.88 Å². The van der Waals surface area contributed by atoms with Crippen LogP contribution in [-0.4, -0.2) is 47.7 Å². The van der Waals surface area contributed by atoms with Crippen LogP contribution < -0.4 is 4.74 Å². The molecule has 1 fully saturated rings. The minimum Gasteiger partial charge on any atom is -0.497 e. The highest BCUT2D eigenvalue weighted by molar-refractivity contribution is 6.21. The summed E-state index contributed by atoms with van der Waals surface area (Å²) in [5, 5.41) is 10.7. The highest BCUT2D eigenvalue weighted by Crippen LogP contribution is 2.36. The van der Waals surface area contributed by atoms with Crippen LogP contribution >= 0.6 is 11.6 Å². The summed E-state index contributed by atoms with van der Waals surface area (Å²) in [6.07, 6.45) is 6.29. The Bertz CT molecular complexity index is 1090. The number of aryl methyl sites for hydroxylation is 1. The zero-order valence-corrected chi connectivity index (χ0v) is 20.5. The first kappa shape index (κ1) is 24.5. The van der Waals surface area contributed by atoms with E-state index in [0.29, 0.717) is 6.54 Å². The summed E-state index contributed by atoms with van der Waals surface area (Å²) in [5.41, 5.74) is 3.24. The molecule has 5 nitrogen and oxygen atoms in total. The SMILES string of the molecule is COc1ccc2nccc([C@@H](Cl)CC[C@@H]3CCN(CCCc4ccccc4)C[C@@H]3C(=O)O)c2c1. The number of carbonyl (C=O) groups is 1. The van der Waals surface area contributed by atoms with Crippen LogP contribution in [0.4, 0.5) is 0 Å². The van der Waals surface area contributed by atoms with Crippen LogP contribution in [0.3, 0.4) is 0 Å². The molecular weight excluding hydrogens is 448 g/mol. The number of aromatic nitrogens is 1. The topological polar surface area (TPSA) is 62.7 Å². The van der Waals surface area contributed by atoms with Gasteiger partial charge >= 0.3 is 5.97 Å². The number of likely N-dealkylation sites (tertiary alicyclic amines) is 1. The zero-order valence-electron chi connectivity index (χ0n) is 19.7. The lowest BCUT2D eigenvalue weighted by molar-refractivity contribution is -0.146. The maximum absolute atomic E-state index is 12.1. The van der Waals surface area contributed by atoms with Crippen molar-refractivity contribution in [1.29, 1.82) is 0 Å². The molecule has 0 amide bonds. The molecule has 180 valence electrons. The van der Waals surface area contributed by atoms with Gasteiger partial charge < -0.3 is 14.7 Å². The van der Waals surface area contributed by atoms with Gasteiger partial charge in [-0.1, -0.05) is 30.3 Å². The average molecular weight is 481 g/mol.